The molecule has 8 nitrogen and oxygen atoms in total. The molecule has 2 aromatic carbocycles. The molecule has 2 rings (SSSR count). The Kier molecular flexibility index (Phi) is 8.49. The molecule has 1 amide bonds. The van der Waals surface area contributed by atoms with Gasteiger partial charge in [-0.1, -0.05) is 19.1 Å². The second kappa shape index (κ2) is 10.8. The van der Waals surface area contributed by atoms with Gasteiger partial charge in [0.25, 0.3) is 5.91 Å². The van der Waals surface area contributed by atoms with Gasteiger partial charge in [0.1, 0.15) is 12.4 Å². The molecule has 30 heavy (non-hydrogen) atoms. The van der Waals surface area contributed by atoms with Gasteiger partial charge in [-0.25, -0.2) is 12.7 Å². The van der Waals surface area contributed by atoms with Gasteiger partial charge in [-0.2, -0.15) is 0 Å². The van der Waals surface area contributed by atoms with Gasteiger partial charge in [0.05, 0.1) is 18.6 Å². The largest absolute Gasteiger partial charge is 0.493 e. The van der Waals surface area contributed by atoms with Crippen LogP contribution in [0.2, 0.25) is 0 Å². The van der Waals surface area contributed by atoms with Crippen molar-refractivity contribution in [3.05, 3.63) is 48.5 Å². The van der Waals surface area contributed by atoms with Gasteiger partial charge >= 0.3 is 0 Å². The lowest BCUT2D eigenvalue weighted by Gasteiger charge is -2.19. The van der Waals surface area contributed by atoms with E-state index in [-0.39, 0.29) is 24.0 Å². The zero-order valence-electron chi connectivity index (χ0n) is 17.6. The van der Waals surface area contributed by atoms with Crippen LogP contribution in [0.5, 0.6) is 17.2 Å². The van der Waals surface area contributed by atoms with Crippen molar-refractivity contribution >= 4 is 15.9 Å². The third kappa shape index (κ3) is 6.11. The predicted molar refractivity (Wildman–Crippen MR) is 114 cm³/mol. The number of nitrogens with one attached hydrogen (secondary N) is 1. The second-order valence-corrected chi connectivity index (χ2v) is 8.72. The monoisotopic (exact) mass is 436 g/mol. The van der Waals surface area contributed by atoms with Crippen molar-refractivity contribution in [2.75, 3.05) is 34.4 Å². The minimum absolute atomic E-state index is 0.187. The highest BCUT2D eigenvalue weighted by molar-refractivity contribution is 7.89. The number of sulfonamides is 1. The smallest absolute Gasteiger partial charge is 0.261 e. The average molecular weight is 437 g/mol. The summed E-state index contributed by atoms with van der Waals surface area (Å²) in [5.74, 6) is 1.33. The summed E-state index contributed by atoms with van der Waals surface area (Å²) in [5, 5.41) is 2.78. The summed E-state index contributed by atoms with van der Waals surface area (Å²) in [6.07, 6.45) is -0.163. The highest BCUT2D eigenvalue weighted by atomic mass is 32.2. The molecule has 0 unspecified atom stereocenters. The third-order valence-corrected chi connectivity index (χ3v) is 6.10. The first kappa shape index (κ1) is 23.5. The van der Waals surface area contributed by atoms with Crippen LogP contribution in [0.25, 0.3) is 0 Å². The minimum atomic E-state index is -3.48. The number of methoxy groups -OCH3 is 1. The number of benzene rings is 2. The van der Waals surface area contributed by atoms with Gasteiger partial charge in [-0.05, 0) is 42.8 Å². The molecule has 0 aliphatic rings. The molecule has 0 aliphatic heterocycles. The van der Waals surface area contributed by atoms with Crippen LogP contribution in [0.4, 0.5) is 0 Å². The number of carbonyl (C=O) groups excluding carboxylic acids is 1. The first-order valence-corrected chi connectivity index (χ1v) is 11.0. The fourth-order valence-corrected chi connectivity index (χ4v) is 3.47. The molecule has 0 saturated heterocycles. The van der Waals surface area contributed by atoms with Gasteiger partial charge in [0, 0.05) is 14.1 Å². The number of rotatable bonds is 11. The van der Waals surface area contributed by atoms with E-state index in [1.807, 2.05) is 19.1 Å². The number of hydrogen-bond acceptors (Lipinski definition) is 6. The number of amides is 1. The number of hydrogen-bond donors (Lipinski definition) is 1. The van der Waals surface area contributed by atoms with E-state index in [0.717, 1.165) is 4.31 Å². The second-order valence-electron chi connectivity index (χ2n) is 6.56. The molecule has 0 aromatic heterocycles. The maximum atomic E-state index is 12.4. The number of ether oxygens (including phenoxy) is 3. The lowest BCUT2D eigenvalue weighted by molar-refractivity contribution is -0.128. The maximum Gasteiger partial charge on any atom is 0.261 e. The molecule has 0 bridgehead atoms. The van der Waals surface area contributed by atoms with Crippen molar-refractivity contribution in [3.63, 3.8) is 0 Å². The SMILES string of the molecule is CC[C@@H](Oc1ccccc1OC)C(=O)NCCOc1ccc(S(=O)(=O)N(C)C)cc1. The first-order chi connectivity index (χ1) is 14.3. The maximum absolute atomic E-state index is 12.4. The van der Waals surface area contributed by atoms with Crippen LogP contribution in [0.3, 0.4) is 0 Å². The van der Waals surface area contributed by atoms with E-state index in [4.69, 9.17) is 14.2 Å². The van der Waals surface area contributed by atoms with E-state index in [1.54, 1.807) is 31.4 Å². The summed E-state index contributed by atoms with van der Waals surface area (Å²) in [6.45, 7) is 2.37. The molecule has 2 aromatic rings. The zero-order chi connectivity index (χ0) is 22.1. The van der Waals surface area contributed by atoms with Crippen LogP contribution in [-0.4, -0.2) is 59.1 Å². The highest BCUT2D eigenvalue weighted by Crippen LogP contribution is 2.27. The van der Waals surface area contributed by atoms with Crippen molar-refractivity contribution in [1.29, 1.82) is 0 Å². The Balaban J connectivity index is 1.83. The van der Waals surface area contributed by atoms with Gasteiger partial charge in [0.2, 0.25) is 10.0 Å². The quantitative estimate of drug-likeness (QED) is 0.543. The van der Waals surface area contributed by atoms with Crippen molar-refractivity contribution in [2.24, 2.45) is 0 Å². The van der Waals surface area contributed by atoms with E-state index in [1.165, 1.54) is 26.2 Å². The number of carbonyl (C=O) groups is 1. The number of para-hydroxylation sites is 2. The minimum Gasteiger partial charge on any atom is -0.493 e. The summed E-state index contributed by atoms with van der Waals surface area (Å²) in [4.78, 5) is 12.6. The van der Waals surface area contributed by atoms with Crippen molar-refractivity contribution < 1.29 is 27.4 Å². The lowest BCUT2D eigenvalue weighted by Crippen LogP contribution is -2.39. The van der Waals surface area contributed by atoms with E-state index in [2.05, 4.69) is 5.32 Å². The van der Waals surface area contributed by atoms with Crippen LogP contribution in [0, 0.1) is 0 Å². The van der Waals surface area contributed by atoms with Crippen LogP contribution in [0.1, 0.15) is 13.3 Å². The molecule has 0 heterocycles. The molecule has 0 aliphatic carbocycles. The third-order valence-electron chi connectivity index (χ3n) is 4.27. The van der Waals surface area contributed by atoms with Gasteiger partial charge < -0.3 is 19.5 Å². The fraction of sp³-hybridized carbons (Fsp3) is 0.381. The van der Waals surface area contributed by atoms with Crippen LogP contribution < -0.4 is 19.5 Å². The molecular formula is C21H28N2O6S. The Labute approximate surface area is 177 Å². The summed E-state index contributed by atoms with van der Waals surface area (Å²) < 4.78 is 41.9. The molecular weight excluding hydrogens is 408 g/mol. The normalized spacial score (nSPS) is 12.3. The Morgan fingerprint density at radius 1 is 1.07 bits per heavy atom. The molecule has 164 valence electrons. The van der Waals surface area contributed by atoms with Crippen LogP contribution in [0.15, 0.2) is 53.4 Å². The molecule has 9 heteroatoms. The van der Waals surface area contributed by atoms with Crippen molar-refractivity contribution in [2.45, 2.75) is 24.3 Å². The highest BCUT2D eigenvalue weighted by Gasteiger charge is 2.20. The van der Waals surface area contributed by atoms with Gasteiger partial charge in [-0.15, -0.1) is 0 Å². The molecule has 0 saturated carbocycles. The summed E-state index contributed by atoms with van der Waals surface area (Å²) in [7, 11) is 1.02. The van der Waals surface area contributed by atoms with Gasteiger partial charge in [0.15, 0.2) is 17.6 Å². The summed E-state index contributed by atoms with van der Waals surface area (Å²) in [5.41, 5.74) is 0. The van der Waals surface area contributed by atoms with Crippen molar-refractivity contribution in [3.8, 4) is 17.2 Å². The predicted octanol–water partition coefficient (Wildman–Crippen LogP) is 2.30. The first-order valence-electron chi connectivity index (χ1n) is 9.52. The van der Waals surface area contributed by atoms with E-state index >= 15 is 0 Å². The topological polar surface area (TPSA) is 94.2 Å². The van der Waals surface area contributed by atoms with Crippen LogP contribution >= 0.6 is 0 Å². The summed E-state index contributed by atoms with van der Waals surface area (Å²) in [6, 6.07) is 13.3. The molecule has 1 atom stereocenters. The van der Waals surface area contributed by atoms with E-state index < -0.39 is 16.1 Å². The number of nitrogens with zero attached hydrogens (tertiary/aromatic N) is 1. The van der Waals surface area contributed by atoms with Crippen molar-refractivity contribution in [1.82, 2.24) is 9.62 Å². The van der Waals surface area contributed by atoms with E-state index in [0.29, 0.717) is 23.7 Å². The molecule has 0 spiro atoms. The van der Waals surface area contributed by atoms with Gasteiger partial charge in [-0.3, -0.25) is 4.79 Å². The Bertz CT molecular complexity index is 929. The van der Waals surface area contributed by atoms with Crippen LogP contribution in [-0.2, 0) is 14.8 Å². The fourth-order valence-electron chi connectivity index (χ4n) is 2.57. The summed E-state index contributed by atoms with van der Waals surface area (Å²) >= 11 is 0. The van der Waals surface area contributed by atoms with E-state index in [9.17, 15) is 13.2 Å². The lowest BCUT2D eigenvalue weighted by atomic mass is 10.2. The Morgan fingerprint density at radius 2 is 1.70 bits per heavy atom. The zero-order valence-corrected chi connectivity index (χ0v) is 18.4. The Morgan fingerprint density at radius 3 is 2.27 bits per heavy atom. The average Bonchev–Trinajstić information content (AvgIpc) is 2.75. The molecule has 0 radical (unpaired) electrons. The molecule has 0 fully saturated rings. The molecule has 1 N–H and O–H groups in total. The Hall–Kier alpha value is -2.78. The standard InChI is InChI=1S/C21H28N2O6S/c1-5-18(29-20-9-7-6-8-19(20)27-4)21(24)22-14-15-28-16-10-12-17(13-11-16)30(25,26)23(2)3/h6-13,18H,5,14-15H2,1-4H3,(H,22,24)/t18-/m1/s1.